The van der Waals surface area contributed by atoms with E-state index in [0.717, 1.165) is 0 Å². The number of carbonyl (C=O) groups excluding carboxylic acids is 1. The second kappa shape index (κ2) is 10.2. The largest absolute Gasteiger partial charge is 0.494 e. The third kappa shape index (κ3) is 6.40. The Morgan fingerprint density at radius 2 is 1.97 bits per heavy atom. The highest BCUT2D eigenvalue weighted by molar-refractivity contribution is 9.10. The molecule has 0 fully saturated rings. The summed E-state index contributed by atoms with van der Waals surface area (Å²) >= 11 is 8.56. The predicted octanol–water partition coefficient (Wildman–Crippen LogP) is 4.53. The smallest absolute Gasteiger partial charge is 0.273 e. The quantitative estimate of drug-likeness (QED) is 0.340. The van der Waals surface area contributed by atoms with Gasteiger partial charge in [0.25, 0.3) is 11.6 Å². The van der Waals surface area contributed by atoms with Gasteiger partial charge in [0, 0.05) is 11.6 Å². The molecule has 0 aliphatic heterocycles. The summed E-state index contributed by atoms with van der Waals surface area (Å²) in [5.74, 6) is 0.834. The Labute approximate surface area is 181 Å². The van der Waals surface area contributed by atoms with Gasteiger partial charge in [-0.05, 0) is 58.3 Å². The number of methoxy groups -OCH3 is 1. The van der Waals surface area contributed by atoms with E-state index in [9.17, 15) is 14.9 Å². The lowest BCUT2D eigenvalue weighted by Gasteiger charge is -2.14. The number of non-ortho nitro benzene ring substituents is 1. The van der Waals surface area contributed by atoms with Gasteiger partial charge in [0.1, 0.15) is 11.5 Å². The van der Waals surface area contributed by atoms with Crippen LogP contribution in [0.2, 0.25) is 0 Å². The summed E-state index contributed by atoms with van der Waals surface area (Å²) in [6.45, 7) is 4.66. The maximum atomic E-state index is 12.5. The number of halogens is 1. The maximum Gasteiger partial charge on any atom is 0.273 e. The van der Waals surface area contributed by atoms with E-state index in [4.69, 9.17) is 21.7 Å². The number of ether oxygens (including phenoxy) is 2. The van der Waals surface area contributed by atoms with Gasteiger partial charge in [-0.25, -0.2) is 0 Å². The van der Waals surface area contributed by atoms with Crippen LogP contribution in [0.5, 0.6) is 11.5 Å². The van der Waals surface area contributed by atoms with Crippen LogP contribution in [0.4, 0.5) is 11.4 Å². The van der Waals surface area contributed by atoms with Crippen LogP contribution in [0.25, 0.3) is 0 Å². The van der Waals surface area contributed by atoms with Crippen molar-refractivity contribution in [3.05, 3.63) is 56.5 Å². The highest BCUT2D eigenvalue weighted by Crippen LogP contribution is 2.29. The number of nitrogens with one attached hydrogen (secondary N) is 2. The first-order valence-electron chi connectivity index (χ1n) is 8.58. The molecule has 0 aromatic heterocycles. The van der Waals surface area contributed by atoms with Gasteiger partial charge in [0.05, 0.1) is 34.9 Å². The zero-order valence-electron chi connectivity index (χ0n) is 16.0. The number of nitro groups is 1. The first kappa shape index (κ1) is 22.6. The minimum Gasteiger partial charge on any atom is -0.494 e. The first-order chi connectivity index (χ1) is 13.7. The number of thiocarbonyl (C=S) groups is 1. The van der Waals surface area contributed by atoms with Crippen LogP contribution in [0, 0.1) is 16.0 Å². The fourth-order valence-electron chi connectivity index (χ4n) is 2.24. The van der Waals surface area contributed by atoms with Crippen LogP contribution in [0.15, 0.2) is 40.9 Å². The molecule has 0 radical (unpaired) electrons. The molecule has 8 nitrogen and oxygen atoms in total. The van der Waals surface area contributed by atoms with Gasteiger partial charge in [-0.3, -0.25) is 20.2 Å². The molecule has 0 atom stereocenters. The second-order valence-corrected chi connectivity index (χ2v) is 7.66. The Morgan fingerprint density at radius 3 is 2.55 bits per heavy atom. The molecule has 0 aliphatic rings. The number of amides is 1. The number of rotatable bonds is 7. The molecule has 0 aliphatic carbocycles. The highest BCUT2D eigenvalue weighted by Gasteiger charge is 2.15. The number of benzene rings is 2. The second-order valence-electron chi connectivity index (χ2n) is 6.40. The molecule has 0 unspecified atom stereocenters. The van der Waals surface area contributed by atoms with E-state index in [1.54, 1.807) is 18.2 Å². The van der Waals surface area contributed by atoms with Crippen LogP contribution < -0.4 is 20.1 Å². The minimum atomic E-state index is -0.529. The summed E-state index contributed by atoms with van der Waals surface area (Å²) < 4.78 is 11.5. The summed E-state index contributed by atoms with van der Waals surface area (Å²) in [6, 6.07) is 9.00. The number of hydrogen-bond acceptors (Lipinski definition) is 6. The fraction of sp³-hybridized carbons (Fsp3) is 0.263. The summed E-state index contributed by atoms with van der Waals surface area (Å²) in [4.78, 5) is 22.8. The van der Waals surface area contributed by atoms with Crippen LogP contribution in [-0.2, 0) is 0 Å². The number of carbonyl (C=O) groups is 1. The first-order valence-corrected chi connectivity index (χ1v) is 9.78. The molecule has 0 bridgehead atoms. The third-order valence-corrected chi connectivity index (χ3v) is 4.46. The number of nitrogens with zero attached hydrogens (tertiary/aromatic N) is 1. The predicted molar refractivity (Wildman–Crippen MR) is 118 cm³/mol. The SMILES string of the molecule is COc1cc([N+](=O)[O-])ccc1NC(=S)NC(=O)c1ccc(OCC(C)C)c(Br)c1. The monoisotopic (exact) mass is 481 g/mol. The van der Waals surface area contributed by atoms with Gasteiger partial charge >= 0.3 is 0 Å². The summed E-state index contributed by atoms with van der Waals surface area (Å²) in [5.41, 5.74) is 0.655. The van der Waals surface area contributed by atoms with Crippen molar-refractivity contribution in [1.29, 1.82) is 0 Å². The zero-order valence-corrected chi connectivity index (χ0v) is 18.4. The van der Waals surface area contributed by atoms with Gasteiger partial charge in [-0.2, -0.15) is 0 Å². The standard InChI is InChI=1S/C19H20BrN3O5S/c1-11(2)10-28-16-7-4-12(8-14(16)20)18(24)22-19(29)21-15-6-5-13(23(25)26)9-17(15)27-3/h4-9,11H,10H2,1-3H3,(H2,21,22,24,29). The van der Waals surface area contributed by atoms with Crippen LogP contribution >= 0.6 is 28.1 Å². The fourth-order valence-corrected chi connectivity index (χ4v) is 2.94. The molecule has 154 valence electrons. The van der Waals surface area contributed by atoms with Crippen LogP contribution in [-0.4, -0.2) is 29.7 Å². The minimum absolute atomic E-state index is 0.0263. The maximum absolute atomic E-state index is 12.5. The molecule has 0 saturated heterocycles. The van der Waals surface area contributed by atoms with Gasteiger partial charge in [-0.1, -0.05) is 13.8 Å². The van der Waals surface area contributed by atoms with Crippen molar-refractivity contribution in [2.24, 2.45) is 5.92 Å². The van der Waals surface area contributed by atoms with E-state index in [2.05, 4.69) is 26.6 Å². The molecule has 0 spiro atoms. The summed E-state index contributed by atoms with van der Waals surface area (Å²) in [6.07, 6.45) is 0. The van der Waals surface area contributed by atoms with Gasteiger partial charge in [-0.15, -0.1) is 0 Å². The van der Waals surface area contributed by atoms with Crippen molar-refractivity contribution in [2.45, 2.75) is 13.8 Å². The van der Waals surface area contributed by atoms with Gasteiger partial charge < -0.3 is 14.8 Å². The van der Waals surface area contributed by atoms with Crippen molar-refractivity contribution >= 4 is 50.5 Å². The number of anilines is 1. The van der Waals surface area contributed by atoms with Gasteiger partial charge in [0.2, 0.25) is 0 Å². The normalized spacial score (nSPS) is 10.4. The van der Waals surface area contributed by atoms with Gasteiger partial charge in [0.15, 0.2) is 5.11 Å². The lowest BCUT2D eigenvalue weighted by Crippen LogP contribution is -2.34. The van der Waals surface area contributed by atoms with Crippen LogP contribution in [0.3, 0.4) is 0 Å². The Balaban J connectivity index is 2.05. The Hall–Kier alpha value is -2.72. The Kier molecular flexibility index (Phi) is 7.91. The average molecular weight is 482 g/mol. The molecule has 29 heavy (non-hydrogen) atoms. The molecular formula is C19H20BrN3O5S. The third-order valence-electron chi connectivity index (χ3n) is 3.64. The Bertz CT molecular complexity index is 936. The molecule has 0 heterocycles. The molecular weight excluding hydrogens is 462 g/mol. The van der Waals surface area contributed by atoms with Crippen molar-refractivity contribution in [1.82, 2.24) is 5.32 Å². The molecule has 2 N–H and O–H groups in total. The lowest BCUT2D eigenvalue weighted by molar-refractivity contribution is -0.384. The summed E-state index contributed by atoms with van der Waals surface area (Å²) in [5, 5.41) is 16.3. The van der Waals surface area contributed by atoms with Crippen molar-refractivity contribution in [2.75, 3.05) is 19.0 Å². The lowest BCUT2D eigenvalue weighted by atomic mass is 10.2. The molecule has 2 aromatic rings. The van der Waals surface area contributed by atoms with Crippen molar-refractivity contribution in [3.63, 3.8) is 0 Å². The van der Waals surface area contributed by atoms with Crippen molar-refractivity contribution < 1.29 is 19.2 Å². The molecule has 10 heteroatoms. The Morgan fingerprint density at radius 1 is 1.24 bits per heavy atom. The topological polar surface area (TPSA) is 103 Å². The molecule has 0 saturated carbocycles. The van der Waals surface area contributed by atoms with E-state index >= 15 is 0 Å². The molecule has 2 rings (SSSR count). The molecule has 1 amide bonds. The van der Waals surface area contributed by atoms with E-state index in [0.29, 0.717) is 34.0 Å². The zero-order chi connectivity index (χ0) is 21.6. The molecule has 2 aromatic carbocycles. The van der Waals surface area contributed by atoms with E-state index in [1.807, 2.05) is 13.8 Å². The average Bonchev–Trinajstić information content (AvgIpc) is 2.66. The number of hydrogen-bond donors (Lipinski definition) is 2. The summed E-state index contributed by atoms with van der Waals surface area (Å²) in [7, 11) is 1.38. The van der Waals surface area contributed by atoms with E-state index in [1.165, 1.54) is 25.3 Å². The number of nitro benzene ring substituents is 1. The van der Waals surface area contributed by atoms with E-state index < -0.39 is 10.8 Å². The highest BCUT2D eigenvalue weighted by atomic mass is 79.9. The van der Waals surface area contributed by atoms with Crippen LogP contribution in [0.1, 0.15) is 24.2 Å². The van der Waals surface area contributed by atoms with Crippen molar-refractivity contribution in [3.8, 4) is 11.5 Å². The van der Waals surface area contributed by atoms with E-state index in [-0.39, 0.29) is 16.5 Å².